The summed E-state index contributed by atoms with van der Waals surface area (Å²) in [4.78, 5) is 29.2. The number of aliphatic imine (C=N–C) groups is 1. The first-order valence-electron chi connectivity index (χ1n) is 14.6. The van der Waals surface area contributed by atoms with Crippen LogP contribution in [0, 0.1) is 6.92 Å². The van der Waals surface area contributed by atoms with Crippen molar-refractivity contribution in [1.29, 1.82) is 0 Å². The second kappa shape index (κ2) is 12.2. The van der Waals surface area contributed by atoms with E-state index >= 15 is 0 Å². The molecule has 2 aromatic carbocycles. The van der Waals surface area contributed by atoms with Gasteiger partial charge in [0.15, 0.2) is 0 Å². The van der Waals surface area contributed by atoms with Crippen LogP contribution in [0.4, 0.5) is 14.5 Å². The fourth-order valence-corrected chi connectivity index (χ4v) is 6.19. The molecule has 6 rings (SSSR count). The highest BCUT2D eigenvalue weighted by atomic mass is 19.3. The molecule has 0 aliphatic carbocycles. The number of rotatable bonds is 7. The number of aryl methyl sites for hydroxylation is 1. The number of alkyl halides is 2. The maximum atomic E-state index is 13.3. The highest BCUT2D eigenvalue weighted by Gasteiger charge is 2.29. The van der Waals surface area contributed by atoms with Crippen molar-refractivity contribution < 1.29 is 13.6 Å². The van der Waals surface area contributed by atoms with Crippen molar-refractivity contribution in [2.24, 2.45) is 4.99 Å². The lowest BCUT2D eigenvalue weighted by atomic mass is 9.88. The van der Waals surface area contributed by atoms with Gasteiger partial charge >= 0.3 is 0 Å². The summed E-state index contributed by atoms with van der Waals surface area (Å²) in [5, 5.41) is 0. The van der Waals surface area contributed by atoms with Crippen molar-refractivity contribution in [2.45, 2.75) is 51.6 Å². The van der Waals surface area contributed by atoms with E-state index in [2.05, 4.69) is 45.1 Å². The van der Waals surface area contributed by atoms with Crippen molar-refractivity contribution in [3.63, 3.8) is 0 Å². The molecule has 2 saturated heterocycles. The summed E-state index contributed by atoms with van der Waals surface area (Å²) in [6, 6.07) is 17.3. The van der Waals surface area contributed by atoms with Gasteiger partial charge in [0.2, 0.25) is 0 Å². The van der Waals surface area contributed by atoms with E-state index in [0.29, 0.717) is 37.7 Å². The Balaban J connectivity index is 0.981. The van der Waals surface area contributed by atoms with Crippen LogP contribution in [0.5, 0.6) is 0 Å². The number of aromatic nitrogens is 1. The predicted molar refractivity (Wildman–Crippen MR) is 157 cm³/mol. The van der Waals surface area contributed by atoms with Crippen LogP contribution in [-0.4, -0.2) is 70.6 Å². The third kappa shape index (κ3) is 6.54. The van der Waals surface area contributed by atoms with Gasteiger partial charge < -0.3 is 4.90 Å². The third-order valence-corrected chi connectivity index (χ3v) is 8.70. The fraction of sp³-hybridized carbons (Fsp3) is 0.424. The van der Waals surface area contributed by atoms with Gasteiger partial charge in [-0.3, -0.25) is 19.6 Å². The Morgan fingerprint density at radius 1 is 0.878 bits per heavy atom. The number of carbonyl (C=O) groups is 1. The molecule has 41 heavy (non-hydrogen) atoms. The van der Waals surface area contributed by atoms with E-state index in [1.54, 1.807) is 12.1 Å². The number of amides is 1. The van der Waals surface area contributed by atoms with Crippen molar-refractivity contribution in [2.75, 3.05) is 39.3 Å². The number of likely N-dealkylation sites (tertiary alicyclic amines) is 1. The van der Waals surface area contributed by atoms with Crippen molar-refractivity contribution in [3.8, 4) is 0 Å². The molecule has 1 amide bonds. The number of hydrogen-bond donors (Lipinski definition) is 0. The van der Waals surface area contributed by atoms with Gasteiger partial charge in [-0.2, -0.15) is 0 Å². The molecule has 0 atom stereocenters. The molecule has 2 fully saturated rings. The molecular weight excluding hydrogens is 520 g/mol. The Bertz CT molecular complexity index is 1390. The van der Waals surface area contributed by atoms with Gasteiger partial charge in [0.05, 0.1) is 5.69 Å². The minimum Gasteiger partial charge on any atom is -0.335 e. The minimum absolute atomic E-state index is 0.0302. The molecule has 0 radical (unpaired) electrons. The summed E-state index contributed by atoms with van der Waals surface area (Å²) < 4.78 is 25.6. The van der Waals surface area contributed by atoms with Crippen LogP contribution < -0.4 is 0 Å². The number of benzene rings is 2. The Morgan fingerprint density at radius 2 is 1.56 bits per heavy atom. The lowest BCUT2D eigenvalue weighted by molar-refractivity contribution is -0.125. The van der Waals surface area contributed by atoms with Crippen LogP contribution in [0.25, 0.3) is 0 Å². The highest BCUT2D eigenvalue weighted by Crippen LogP contribution is 2.34. The van der Waals surface area contributed by atoms with E-state index in [1.165, 1.54) is 23.3 Å². The van der Waals surface area contributed by atoms with Crippen LogP contribution in [0.1, 0.15) is 58.7 Å². The molecule has 3 aromatic rings. The highest BCUT2D eigenvalue weighted by molar-refractivity contribution is 6.40. The second-order valence-electron chi connectivity index (χ2n) is 11.6. The van der Waals surface area contributed by atoms with Crippen LogP contribution in [0.15, 0.2) is 65.8 Å². The monoisotopic (exact) mass is 557 g/mol. The Kier molecular flexibility index (Phi) is 8.21. The molecule has 8 heteroatoms. The van der Waals surface area contributed by atoms with Gasteiger partial charge in [0, 0.05) is 63.1 Å². The number of pyridine rings is 1. The maximum Gasteiger partial charge on any atom is 0.268 e. The molecule has 3 aliphatic rings. The van der Waals surface area contributed by atoms with Gasteiger partial charge in [-0.15, -0.1) is 0 Å². The van der Waals surface area contributed by atoms with E-state index in [1.807, 2.05) is 18.0 Å². The third-order valence-electron chi connectivity index (χ3n) is 8.70. The van der Waals surface area contributed by atoms with Crippen LogP contribution in [-0.2, 0) is 24.3 Å². The molecule has 6 nitrogen and oxygen atoms in total. The standard InChI is InChI=1S/C33H37F2N5O/c1-23-2-3-25(20-36-23)22-38-12-10-26(11-13-38)28-8-9-30-29(18-28)19-31(37-30)33(41)40-16-14-39(15-17-40)21-24-4-6-27(7-5-24)32(34)35/h2-9,18,20,26,32H,10-17,19,21-22H2,1H3. The molecule has 0 N–H and O–H groups in total. The summed E-state index contributed by atoms with van der Waals surface area (Å²) in [6.07, 6.45) is 2.40. The molecule has 0 bridgehead atoms. The van der Waals surface area contributed by atoms with Crippen molar-refractivity contribution >= 4 is 17.3 Å². The van der Waals surface area contributed by atoms with Gasteiger partial charge in [-0.05, 0) is 73.2 Å². The first kappa shape index (κ1) is 27.7. The summed E-state index contributed by atoms with van der Waals surface area (Å²) >= 11 is 0. The zero-order valence-corrected chi connectivity index (χ0v) is 23.6. The summed E-state index contributed by atoms with van der Waals surface area (Å²) in [5.74, 6) is 0.565. The molecule has 0 unspecified atom stereocenters. The zero-order valence-electron chi connectivity index (χ0n) is 23.6. The fourth-order valence-electron chi connectivity index (χ4n) is 6.19. The molecule has 1 aromatic heterocycles. The Morgan fingerprint density at radius 3 is 2.24 bits per heavy atom. The minimum atomic E-state index is -2.44. The van der Waals surface area contributed by atoms with E-state index in [-0.39, 0.29) is 11.5 Å². The van der Waals surface area contributed by atoms with Crippen molar-refractivity contribution in [3.05, 3.63) is 94.3 Å². The maximum absolute atomic E-state index is 13.3. The molecular formula is C33H37F2N5O. The lowest BCUT2D eigenvalue weighted by Crippen LogP contribution is -2.50. The van der Waals surface area contributed by atoms with E-state index in [0.717, 1.165) is 68.1 Å². The number of halogens is 2. The zero-order chi connectivity index (χ0) is 28.3. The van der Waals surface area contributed by atoms with Gasteiger partial charge in [-0.25, -0.2) is 13.8 Å². The Labute approximate surface area is 240 Å². The summed E-state index contributed by atoms with van der Waals surface area (Å²) in [5.41, 5.74) is 7.45. The number of fused-ring (bicyclic) bond motifs is 1. The van der Waals surface area contributed by atoms with Crippen LogP contribution in [0.2, 0.25) is 0 Å². The average Bonchev–Trinajstić information content (AvgIpc) is 3.43. The van der Waals surface area contributed by atoms with Gasteiger partial charge in [-0.1, -0.05) is 42.5 Å². The van der Waals surface area contributed by atoms with E-state index < -0.39 is 6.43 Å². The van der Waals surface area contributed by atoms with Crippen LogP contribution in [0.3, 0.4) is 0 Å². The van der Waals surface area contributed by atoms with Gasteiger partial charge in [0.1, 0.15) is 5.71 Å². The summed E-state index contributed by atoms with van der Waals surface area (Å²) in [7, 11) is 0. The second-order valence-corrected chi connectivity index (χ2v) is 11.6. The topological polar surface area (TPSA) is 52.0 Å². The normalized spacial score (nSPS) is 18.5. The van der Waals surface area contributed by atoms with E-state index in [4.69, 9.17) is 4.99 Å². The summed E-state index contributed by atoms with van der Waals surface area (Å²) in [6.45, 7) is 8.61. The molecule has 0 spiro atoms. The van der Waals surface area contributed by atoms with Crippen molar-refractivity contribution in [1.82, 2.24) is 19.7 Å². The smallest absolute Gasteiger partial charge is 0.268 e. The largest absolute Gasteiger partial charge is 0.335 e. The first-order chi connectivity index (χ1) is 19.9. The molecule has 4 heterocycles. The van der Waals surface area contributed by atoms with Gasteiger partial charge in [0.25, 0.3) is 12.3 Å². The first-order valence-corrected chi connectivity index (χ1v) is 14.6. The molecule has 0 saturated carbocycles. The van der Waals surface area contributed by atoms with Crippen LogP contribution >= 0.6 is 0 Å². The number of nitrogens with zero attached hydrogens (tertiary/aromatic N) is 5. The molecule has 3 aliphatic heterocycles. The van der Waals surface area contributed by atoms with E-state index in [9.17, 15) is 13.6 Å². The Hall–Kier alpha value is -3.49. The number of piperidine rings is 1. The molecule has 214 valence electrons. The lowest BCUT2D eigenvalue weighted by Gasteiger charge is -2.34. The quantitative estimate of drug-likeness (QED) is 0.375. The SMILES string of the molecule is Cc1ccc(CN2CCC(c3ccc4c(c3)CC(C(=O)N3CCN(Cc5ccc(C(F)F)cc5)CC3)=N4)CC2)cn1. The predicted octanol–water partition coefficient (Wildman–Crippen LogP) is 5.68. The number of hydrogen-bond acceptors (Lipinski definition) is 5. The average molecular weight is 558 g/mol. The number of carbonyl (C=O) groups excluding carboxylic acids is 1. The number of piperazine rings is 1.